The summed E-state index contributed by atoms with van der Waals surface area (Å²) in [5.74, 6) is 0.301. The Morgan fingerprint density at radius 3 is 2.61 bits per heavy atom. The Morgan fingerprint density at radius 1 is 1.13 bits per heavy atom. The summed E-state index contributed by atoms with van der Waals surface area (Å²) in [5, 5.41) is 11.3. The van der Waals surface area contributed by atoms with E-state index >= 15 is 0 Å². The molecule has 0 saturated carbocycles. The van der Waals surface area contributed by atoms with Gasteiger partial charge in [0, 0.05) is 0 Å². The maximum atomic E-state index is 11.8. The van der Waals surface area contributed by atoms with E-state index in [0.29, 0.717) is 16.5 Å². The molecule has 0 saturated heterocycles. The van der Waals surface area contributed by atoms with Gasteiger partial charge in [0.05, 0.1) is 10.7 Å². The van der Waals surface area contributed by atoms with Crippen LogP contribution >= 0.6 is 11.6 Å². The summed E-state index contributed by atoms with van der Waals surface area (Å²) in [7, 11) is 0. The Hall–Kier alpha value is -2.93. The van der Waals surface area contributed by atoms with Crippen molar-refractivity contribution >= 4 is 17.6 Å². The molecule has 0 aliphatic heterocycles. The lowest BCUT2D eigenvalue weighted by Gasteiger charge is -2.08. The summed E-state index contributed by atoms with van der Waals surface area (Å²) >= 11 is 5.94. The van der Waals surface area contributed by atoms with E-state index in [9.17, 15) is 4.79 Å². The lowest BCUT2D eigenvalue weighted by atomic mass is 10.3. The zero-order valence-electron chi connectivity index (χ0n) is 11.8. The van der Waals surface area contributed by atoms with E-state index in [-0.39, 0.29) is 6.61 Å². The SMILES string of the molecule is O=C(COc1ccccc1Cl)Oc1ccc(-n2cnnn2)cc1. The number of halogens is 1. The van der Waals surface area contributed by atoms with Gasteiger partial charge in [-0.2, -0.15) is 0 Å². The van der Waals surface area contributed by atoms with E-state index in [4.69, 9.17) is 21.1 Å². The van der Waals surface area contributed by atoms with Gasteiger partial charge in [-0.3, -0.25) is 0 Å². The van der Waals surface area contributed by atoms with E-state index in [1.807, 2.05) is 0 Å². The first-order valence-corrected chi connectivity index (χ1v) is 7.01. The van der Waals surface area contributed by atoms with E-state index in [0.717, 1.165) is 5.69 Å². The second-order valence-electron chi connectivity index (χ2n) is 4.44. The van der Waals surface area contributed by atoms with Crippen LogP contribution in [0.5, 0.6) is 11.5 Å². The van der Waals surface area contributed by atoms with Gasteiger partial charge in [-0.25, -0.2) is 9.48 Å². The van der Waals surface area contributed by atoms with Gasteiger partial charge < -0.3 is 9.47 Å². The molecular formula is C15H11ClN4O3. The molecular weight excluding hydrogens is 320 g/mol. The molecule has 2 aromatic carbocycles. The lowest BCUT2D eigenvalue weighted by Crippen LogP contribution is -2.17. The Bertz CT molecular complexity index is 791. The molecule has 0 unspecified atom stereocenters. The van der Waals surface area contributed by atoms with Crippen LogP contribution in [0.4, 0.5) is 0 Å². The number of tetrazole rings is 1. The second kappa shape index (κ2) is 6.89. The minimum atomic E-state index is -0.528. The van der Waals surface area contributed by atoms with Gasteiger partial charge in [0.15, 0.2) is 6.61 Å². The van der Waals surface area contributed by atoms with E-state index in [2.05, 4.69) is 15.5 Å². The molecule has 3 rings (SSSR count). The number of carbonyl (C=O) groups is 1. The van der Waals surface area contributed by atoms with E-state index < -0.39 is 5.97 Å². The first-order chi connectivity index (χ1) is 11.2. The minimum Gasteiger partial charge on any atom is -0.480 e. The lowest BCUT2D eigenvalue weighted by molar-refractivity contribution is -0.136. The number of benzene rings is 2. The summed E-state index contributed by atoms with van der Waals surface area (Å²) in [4.78, 5) is 11.8. The number of aromatic nitrogens is 4. The first-order valence-electron chi connectivity index (χ1n) is 6.64. The van der Waals surface area contributed by atoms with Crippen LogP contribution in [-0.4, -0.2) is 32.8 Å². The average Bonchev–Trinajstić information content (AvgIpc) is 3.09. The zero-order valence-corrected chi connectivity index (χ0v) is 12.6. The van der Waals surface area contributed by atoms with Crippen molar-refractivity contribution in [1.82, 2.24) is 20.2 Å². The van der Waals surface area contributed by atoms with Crippen molar-refractivity contribution < 1.29 is 14.3 Å². The molecule has 0 aliphatic rings. The van der Waals surface area contributed by atoms with E-state index in [1.54, 1.807) is 48.5 Å². The summed E-state index contributed by atoms with van der Waals surface area (Å²) in [6.07, 6.45) is 1.47. The van der Waals surface area contributed by atoms with Crippen LogP contribution in [0.25, 0.3) is 5.69 Å². The molecule has 0 bridgehead atoms. The van der Waals surface area contributed by atoms with Crippen molar-refractivity contribution in [3.8, 4) is 17.2 Å². The molecule has 0 spiro atoms. The Morgan fingerprint density at radius 2 is 1.91 bits per heavy atom. The molecule has 0 atom stereocenters. The molecule has 0 radical (unpaired) electrons. The largest absolute Gasteiger partial charge is 0.480 e. The fourth-order valence-corrected chi connectivity index (χ4v) is 2.00. The van der Waals surface area contributed by atoms with Crippen molar-refractivity contribution in [3.05, 3.63) is 59.9 Å². The fraction of sp³-hybridized carbons (Fsp3) is 0.0667. The third-order valence-electron chi connectivity index (χ3n) is 2.86. The number of hydrogen-bond acceptors (Lipinski definition) is 6. The van der Waals surface area contributed by atoms with Crippen molar-refractivity contribution in [2.24, 2.45) is 0 Å². The topological polar surface area (TPSA) is 79.1 Å². The van der Waals surface area contributed by atoms with Crippen LogP contribution in [0.1, 0.15) is 0 Å². The Balaban J connectivity index is 1.57. The predicted octanol–water partition coefficient (Wildman–Crippen LogP) is 2.30. The van der Waals surface area contributed by atoms with Gasteiger partial charge in [-0.15, -0.1) is 5.10 Å². The number of ether oxygens (including phenoxy) is 2. The van der Waals surface area contributed by atoms with Crippen molar-refractivity contribution in [1.29, 1.82) is 0 Å². The van der Waals surface area contributed by atoms with Gasteiger partial charge >= 0.3 is 5.97 Å². The second-order valence-corrected chi connectivity index (χ2v) is 4.85. The molecule has 0 aliphatic carbocycles. The summed E-state index contributed by atoms with van der Waals surface area (Å²) < 4.78 is 12.0. The highest BCUT2D eigenvalue weighted by Gasteiger charge is 2.08. The molecule has 7 nitrogen and oxygen atoms in total. The summed E-state index contributed by atoms with van der Waals surface area (Å²) in [6, 6.07) is 13.6. The molecule has 1 aromatic heterocycles. The Kier molecular flexibility index (Phi) is 4.49. The van der Waals surface area contributed by atoms with Gasteiger partial charge in [0.2, 0.25) is 0 Å². The number of esters is 1. The van der Waals surface area contributed by atoms with Crippen molar-refractivity contribution in [2.45, 2.75) is 0 Å². The monoisotopic (exact) mass is 330 g/mol. The number of nitrogens with zero attached hydrogens (tertiary/aromatic N) is 4. The minimum absolute atomic E-state index is 0.238. The molecule has 1 heterocycles. The zero-order chi connectivity index (χ0) is 16.1. The first kappa shape index (κ1) is 15.0. The van der Waals surface area contributed by atoms with E-state index in [1.165, 1.54) is 11.0 Å². The molecule has 23 heavy (non-hydrogen) atoms. The van der Waals surface area contributed by atoms with Gasteiger partial charge in [-0.1, -0.05) is 23.7 Å². The fourth-order valence-electron chi connectivity index (χ4n) is 1.81. The van der Waals surface area contributed by atoms with Crippen molar-refractivity contribution in [2.75, 3.05) is 6.61 Å². The van der Waals surface area contributed by atoms with Crippen molar-refractivity contribution in [3.63, 3.8) is 0 Å². The highest BCUT2D eigenvalue weighted by atomic mass is 35.5. The number of hydrogen-bond donors (Lipinski definition) is 0. The predicted molar refractivity (Wildman–Crippen MR) is 81.7 cm³/mol. The summed E-state index contributed by atoms with van der Waals surface area (Å²) in [6.45, 7) is -0.238. The number of rotatable bonds is 5. The molecule has 8 heteroatoms. The number of para-hydroxylation sites is 1. The highest BCUT2D eigenvalue weighted by Crippen LogP contribution is 2.23. The molecule has 0 fully saturated rings. The van der Waals surface area contributed by atoms with Crippen LogP contribution in [-0.2, 0) is 4.79 Å². The van der Waals surface area contributed by atoms with Crippen LogP contribution in [0.3, 0.4) is 0 Å². The molecule has 0 amide bonds. The van der Waals surface area contributed by atoms with Gasteiger partial charge in [-0.05, 0) is 46.8 Å². The van der Waals surface area contributed by atoms with Crippen LogP contribution < -0.4 is 9.47 Å². The quantitative estimate of drug-likeness (QED) is 0.527. The standard InChI is InChI=1S/C15H11ClN4O3/c16-13-3-1-2-4-14(13)22-9-15(21)23-12-7-5-11(6-8-12)20-10-17-18-19-20/h1-8,10H,9H2. The highest BCUT2D eigenvalue weighted by molar-refractivity contribution is 6.32. The smallest absolute Gasteiger partial charge is 0.349 e. The molecule has 0 N–H and O–H groups in total. The number of carbonyl (C=O) groups excluding carboxylic acids is 1. The summed E-state index contributed by atoms with van der Waals surface area (Å²) in [5.41, 5.74) is 0.752. The maximum Gasteiger partial charge on any atom is 0.349 e. The third kappa shape index (κ3) is 3.83. The van der Waals surface area contributed by atoms with Crippen LogP contribution in [0, 0.1) is 0 Å². The van der Waals surface area contributed by atoms with Gasteiger partial charge in [0.1, 0.15) is 17.8 Å². The third-order valence-corrected chi connectivity index (χ3v) is 3.18. The maximum absolute atomic E-state index is 11.8. The normalized spacial score (nSPS) is 10.3. The molecule has 3 aromatic rings. The van der Waals surface area contributed by atoms with Gasteiger partial charge in [0.25, 0.3) is 0 Å². The molecule has 116 valence electrons. The average molecular weight is 331 g/mol. The Labute approximate surface area is 136 Å². The van der Waals surface area contributed by atoms with Crippen LogP contribution in [0.2, 0.25) is 5.02 Å². The van der Waals surface area contributed by atoms with Crippen LogP contribution in [0.15, 0.2) is 54.9 Å².